The summed E-state index contributed by atoms with van der Waals surface area (Å²) in [6.45, 7) is 2.25. The molecule has 1 saturated heterocycles. The largest absolute Gasteiger partial charge is 0.480 e. The van der Waals surface area contributed by atoms with Gasteiger partial charge in [0.15, 0.2) is 0 Å². The molecule has 1 N–H and O–H groups in total. The van der Waals surface area contributed by atoms with Crippen molar-refractivity contribution in [3.05, 3.63) is 0 Å². The fourth-order valence-corrected chi connectivity index (χ4v) is 4.15. The van der Waals surface area contributed by atoms with E-state index in [-0.39, 0.29) is 11.7 Å². The maximum atomic E-state index is 11.8. The van der Waals surface area contributed by atoms with E-state index in [9.17, 15) is 17.4 Å². The highest BCUT2D eigenvalue weighted by Crippen LogP contribution is 2.20. The summed E-state index contributed by atoms with van der Waals surface area (Å²) < 4.78 is 36.0. The van der Waals surface area contributed by atoms with E-state index in [4.69, 9.17) is 5.11 Å². The number of carbonyl (C=O) groups is 1. The van der Waals surface area contributed by atoms with E-state index in [2.05, 4.69) is 0 Å². The van der Waals surface area contributed by atoms with Gasteiger partial charge < -0.3 is 5.11 Å². The second-order valence-corrected chi connectivity index (χ2v) is 8.44. The fourth-order valence-electron chi connectivity index (χ4n) is 1.95. The molecule has 6 nitrogen and oxygen atoms in total. The lowest BCUT2D eigenvalue weighted by Crippen LogP contribution is -2.41. The Labute approximate surface area is 110 Å². The Kier molecular flexibility index (Phi) is 5.30. The number of nitrogens with zero attached hydrogens (tertiary/aromatic N) is 1. The number of aliphatic carboxylic acids is 1. The van der Waals surface area contributed by atoms with Gasteiger partial charge >= 0.3 is 5.97 Å². The quantitative estimate of drug-likeness (QED) is 0.764. The molecule has 1 aliphatic rings. The molecule has 0 aromatic rings. The van der Waals surface area contributed by atoms with E-state index < -0.39 is 32.0 Å². The Balaban J connectivity index is 2.58. The highest BCUT2D eigenvalue weighted by Gasteiger charge is 2.29. The van der Waals surface area contributed by atoms with E-state index in [1.165, 1.54) is 11.2 Å². The molecule has 106 valence electrons. The minimum atomic E-state index is -3.21. The van der Waals surface area contributed by atoms with Crippen molar-refractivity contribution in [3.8, 4) is 0 Å². The van der Waals surface area contributed by atoms with Crippen LogP contribution in [0.2, 0.25) is 0 Å². The van der Waals surface area contributed by atoms with Crippen molar-refractivity contribution in [1.82, 2.24) is 4.31 Å². The van der Waals surface area contributed by atoms with Crippen molar-refractivity contribution < 1.29 is 22.5 Å². The normalized spacial score (nSPS) is 25.6. The molecule has 1 rings (SSSR count). The van der Waals surface area contributed by atoms with Crippen molar-refractivity contribution in [1.29, 1.82) is 0 Å². The average Bonchev–Trinajstić information content (AvgIpc) is 2.27. The van der Waals surface area contributed by atoms with Crippen LogP contribution in [0, 0.1) is 5.92 Å². The van der Waals surface area contributed by atoms with Gasteiger partial charge in [-0.25, -0.2) is 12.7 Å². The first-order chi connectivity index (χ1) is 8.21. The number of hydrogen-bond acceptors (Lipinski definition) is 4. The number of hydrogen-bond donors (Lipinski definition) is 1. The summed E-state index contributed by atoms with van der Waals surface area (Å²) >= 11 is 0. The van der Waals surface area contributed by atoms with Crippen molar-refractivity contribution in [2.75, 3.05) is 25.1 Å². The van der Waals surface area contributed by atoms with Crippen LogP contribution in [0.1, 0.15) is 19.8 Å². The highest BCUT2D eigenvalue weighted by atomic mass is 32.2. The fraction of sp³-hybridized carbons (Fsp3) is 0.900. The van der Waals surface area contributed by atoms with Gasteiger partial charge in [0, 0.05) is 29.6 Å². The lowest BCUT2D eigenvalue weighted by Gasteiger charge is -2.30. The number of carboxylic acid groups (broad SMARTS) is 1. The molecule has 18 heavy (non-hydrogen) atoms. The molecule has 0 aliphatic carbocycles. The van der Waals surface area contributed by atoms with Crippen molar-refractivity contribution >= 4 is 26.8 Å². The first-order valence-corrected chi connectivity index (χ1v) is 9.00. The van der Waals surface area contributed by atoms with Crippen LogP contribution in [-0.4, -0.2) is 58.4 Å². The Morgan fingerprint density at radius 2 is 2.17 bits per heavy atom. The topological polar surface area (TPSA) is 91.8 Å². The van der Waals surface area contributed by atoms with Gasteiger partial charge in [-0.1, -0.05) is 0 Å². The molecule has 0 radical (unpaired) electrons. The van der Waals surface area contributed by atoms with Gasteiger partial charge in [-0.2, -0.15) is 0 Å². The van der Waals surface area contributed by atoms with Gasteiger partial charge in [0.2, 0.25) is 10.0 Å². The van der Waals surface area contributed by atoms with E-state index in [1.807, 2.05) is 0 Å². The third-order valence-electron chi connectivity index (χ3n) is 3.09. The second-order valence-electron chi connectivity index (χ2n) is 4.66. The van der Waals surface area contributed by atoms with Crippen molar-refractivity contribution in [3.63, 3.8) is 0 Å². The predicted molar refractivity (Wildman–Crippen MR) is 69.2 cm³/mol. The standard InChI is InChI=1S/C10H19NO5S2/c1-8(10(12)13)17(14)7-9-4-3-5-11(6-9)18(2,15)16/h8-9H,3-7H2,1-2H3,(H,12,13). The number of piperidine rings is 1. The number of rotatable bonds is 5. The zero-order chi connectivity index (χ0) is 13.9. The Hall–Kier alpha value is -0.470. The number of sulfonamides is 1. The molecule has 0 bridgehead atoms. The van der Waals surface area contributed by atoms with Gasteiger partial charge in [0.1, 0.15) is 5.25 Å². The maximum absolute atomic E-state index is 11.8. The SMILES string of the molecule is CC(C(=O)O)S(=O)CC1CCCN(S(C)(=O)=O)C1. The molecule has 3 unspecified atom stereocenters. The highest BCUT2D eigenvalue weighted by molar-refractivity contribution is 7.88. The van der Waals surface area contributed by atoms with Crippen LogP contribution in [0.15, 0.2) is 0 Å². The Bertz CT molecular complexity index is 434. The molecular formula is C10H19NO5S2. The zero-order valence-corrected chi connectivity index (χ0v) is 12.2. The van der Waals surface area contributed by atoms with E-state index in [0.29, 0.717) is 13.1 Å². The summed E-state index contributed by atoms with van der Waals surface area (Å²) in [5.74, 6) is -0.848. The van der Waals surface area contributed by atoms with Crippen LogP contribution < -0.4 is 0 Å². The monoisotopic (exact) mass is 297 g/mol. The first kappa shape index (κ1) is 15.6. The summed E-state index contributed by atoms with van der Waals surface area (Å²) in [5.41, 5.74) is 0. The smallest absolute Gasteiger partial charge is 0.318 e. The summed E-state index contributed by atoms with van der Waals surface area (Å²) in [7, 11) is -4.67. The minimum Gasteiger partial charge on any atom is -0.480 e. The molecule has 0 spiro atoms. The van der Waals surface area contributed by atoms with Gasteiger partial charge in [-0.15, -0.1) is 0 Å². The van der Waals surface area contributed by atoms with Crippen LogP contribution in [-0.2, 0) is 25.6 Å². The van der Waals surface area contributed by atoms with Crippen molar-refractivity contribution in [2.24, 2.45) is 5.92 Å². The summed E-state index contributed by atoms with van der Waals surface area (Å²) in [6, 6.07) is 0. The lowest BCUT2D eigenvalue weighted by atomic mass is 10.0. The molecule has 1 aliphatic heterocycles. The Morgan fingerprint density at radius 3 is 2.67 bits per heavy atom. The van der Waals surface area contributed by atoms with E-state index >= 15 is 0 Å². The van der Waals surface area contributed by atoms with Crippen LogP contribution in [0.3, 0.4) is 0 Å². The Morgan fingerprint density at radius 1 is 1.56 bits per heavy atom. The van der Waals surface area contributed by atoms with Gasteiger partial charge in [-0.3, -0.25) is 9.00 Å². The lowest BCUT2D eigenvalue weighted by molar-refractivity contribution is -0.136. The van der Waals surface area contributed by atoms with Crippen LogP contribution in [0.4, 0.5) is 0 Å². The molecule has 1 fully saturated rings. The molecular weight excluding hydrogens is 278 g/mol. The van der Waals surface area contributed by atoms with E-state index in [0.717, 1.165) is 19.1 Å². The molecule has 8 heteroatoms. The van der Waals surface area contributed by atoms with Gasteiger partial charge in [0.25, 0.3) is 0 Å². The molecule has 0 amide bonds. The average molecular weight is 297 g/mol. The predicted octanol–water partition coefficient (Wildman–Crippen LogP) is -0.120. The van der Waals surface area contributed by atoms with Crippen LogP contribution in [0.5, 0.6) is 0 Å². The molecule has 0 aromatic carbocycles. The first-order valence-electron chi connectivity index (χ1n) is 5.77. The van der Waals surface area contributed by atoms with Crippen LogP contribution >= 0.6 is 0 Å². The second kappa shape index (κ2) is 6.12. The van der Waals surface area contributed by atoms with Gasteiger partial charge in [0.05, 0.1) is 6.26 Å². The number of carboxylic acids is 1. The minimum absolute atomic E-state index is 0.0175. The third kappa shape index (κ3) is 4.33. The molecule has 0 saturated carbocycles. The zero-order valence-electron chi connectivity index (χ0n) is 10.5. The molecule has 0 aromatic heterocycles. The molecule has 1 heterocycles. The summed E-state index contributed by atoms with van der Waals surface area (Å²) in [4.78, 5) is 10.7. The summed E-state index contributed by atoms with van der Waals surface area (Å²) in [6.07, 6.45) is 2.69. The van der Waals surface area contributed by atoms with Crippen molar-refractivity contribution in [2.45, 2.75) is 25.0 Å². The third-order valence-corrected chi connectivity index (χ3v) is 6.15. The maximum Gasteiger partial charge on any atom is 0.318 e. The van der Waals surface area contributed by atoms with Gasteiger partial charge in [-0.05, 0) is 25.7 Å². The van der Waals surface area contributed by atoms with E-state index in [1.54, 1.807) is 0 Å². The van der Waals surface area contributed by atoms with Crippen LogP contribution in [0.25, 0.3) is 0 Å². The summed E-state index contributed by atoms with van der Waals surface area (Å²) in [5, 5.41) is 7.86. The molecule has 3 atom stereocenters.